The molecule has 0 atom stereocenters. The maximum atomic E-state index is 4.91. The molecular weight excluding hydrogens is 414 g/mol. The van der Waals surface area contributed by atoms with E-state index < -0.39 is 0 Å². The Labute approximate surface area is 193 Å². The summed E-state index contributed by atoms with van der Waals surface area (Å²) in [6.07, 6.45) is 6.08. The van der Waals surface area contributed by atoms with Gasteiger partial charge in [0.25, 0.3) is 0 Å². The molecule has 1 aliphatic rings. The molecule has 1 N–H and O–H groups in total. The van der Waals surface area contributed by atoms with Crippen LogP contribution in [0.25, 0.3) is 22.6 Å². The van der Waals surface area contributed by atoms with Gasteiger partial charge in [-0.2, -0.15) is 0 Å². The topological polar surface area (TPSA) is 90.0 Å². The van der Waals surface area contributed by atoms with Crippen LogP contribution in [0.5, 0.6) is 0 Å². The minimum atomic E-state index is 0.667. The van der Waals surface area contributed by atoms with Crippen molar-refractivity contribution in [3.8, 4) is 11.4 Å². The fourth-order valence-electron chi connectivity index (χ4n) is 4.05. The number of aryl methyl sites for hydroxylation is 1. The van der Waals surface area contributed by atoms with Crippen LogP contribution in [0.3, 0.4) is 0 Å². The number of nitrogens with one attached hydrogen (secondary N) is 1. The molecule has 1 aromatic carbocycles. The van der Waals surface area contributed by atoms with E-state index in [0.29, 0.717) is 11.5 Å². The van der Waals surface area contributed by atoms with Crippen molar-refractivity contribution in [3.63, 3.8) is 0 Å². The first kappa shape index (κ1) is 21.3. The molecule has 3 aromatic heterocycles. The lowest BCUT2D eigenvalue weighted by molar-refractivity contribution is 0.313. The molecule has 0 aliphatic carbocycles. The van der Waals surface area contributed by atoms with Crippen LogP contribution in [0.1, 0.15) is 11.4 Å². The molecule has 9 nitrogen and oxygen atoms in total. The fourth-order valence-corrected chi connectivity index (χ4v) is 4.05. The van der Waals surface area contributed by atoms with Gasteiger partial charge in [-0.1, -0.05) is 0 Å². The Morgan fingerprint density at radius 1 is 0.970 bits per heavy atom. The Bertz CT molecular complexity index is 1210. The smallest absolute Gasteiger partial charge is 0.183 e. The van der Waals surface area contributed by atoms with E-state index in [1.54, 1.807) is 12.5 Å². The van der Waals surface area contributed by atoms with Gasteiger partial charge in [-0.15, -0.1) is 0 Å². The van der Waals surface area contributed by atoms with Crippen LogP contribution in [-0.2, 0) is 6.42 Å². The number of rotatable bonds is 6. The zero-order valence-corrected chi connectivity index (χ0v) is 19.4. The number of H-pyrrole nitrogens is 1. The van der Waals surface area contributed by atoms with Crippen molar-refractivity contribution in [1.82, 2.24) is 34.8 Å². The van der Waals surface area contributed by atoms with E-state index in [1.807, 2.05) is 20.2 Å². The third-order valence-electron chi connectivity index (χ3n) is 6.16. The van der Waals surface area contributed by atoms with Crippen molar-refractivity contribution in [2.45, 2.75) is 13.3 Å². The maximum Gasteiger partial charge on any atom is 0.183 e. The summed E-state index contributed by atoms with van der Waals surface area (Å²) >= 11 is 0. The van der Waals surface area contributed by atoms with Gasteiger partial charge in [-0.05, 0) is 38.2 Å². The zero-order chi connectivity index (χ0) is 22.8. The number of piperazine rings is 1. The molecule has 0 spiro atoms. The summed E-state index contributed by atoms with van der Waals surface area (Å²) < 4.78 is 0. The van der Waals surface area contributed by atoms with Crippen molar-refractivity contribution in [3.05, 3.63) is 54.4 Å². The molecule has 1 saturated heterocycles. The van der Waals surface area contributed by atoms with E-state index in [-0.39, 0.29) is 0 Å². The van der Waals surface area contributed by atoms with Crippen LogP contribution >= 0.6 is 0 Å². The third-order valence-corrected chi connectivity index (χ3v) is 6.16. The van der Waals surface area contributed by atoms with Crippen molar-refractivity contribution < 1.29 is 0 Å². The average Bonchev–Trinajstić information content (AvgIpc) is 3.32. The summed E-state index contributed by atoms with van der Waals surface area (Å²) in [5.74, 6) is 1.51. The van der Waals surface area contributed by atoms with E-state index in [0.717, 1.165) is 67.4 Å². The Kier molecular flexibility index (Phi) is 5.87. The molecule has 0 amide bonds. The highest BCUT2D eigenvalue weighted by atomic mass is 15.2. The highest BCUT2D eigenvalue weighted by Crippen LogP contribution is 2.27. The average molecular weight is 444 g/mol. The number of aromatic nitrogens is 6. The molecule has 0 saturated carbocycles. The van der Waals surface area contributed by atoms with Crippen molar-refractivity contribution in [2.24, 2.45) is 0 Å². The Hall–Kier alpha value is -3.59. The predicted octanol–water partition coefficient (Wildman–Crippen LogP) is 2.55. The highest BCUT2D eigenvalue weighted by Gasteiger charge is 2.17. The molecule has 4 heterocycles. The number of hydrogen-bond donors (Lipinski definition) is 1. The molecule has 5 rings (SSSR count). The number of hydrogen-bond acceptors (Lipinski definition) is 8. The first-order valence-electron chi connectivity index (χ1n) is 11.3. The molecule has 4 aromatic rings. The number of imidazole rings is 1. The largest absolute Gasteiger partial charge is 0.369 e. The summed E-state index contributed by atoms with van der Waals surface area (Å²) in [5.41, 5.74) is 5.61. The molecule has 1 aliphatic heterocycles. The number of benzene rings is 1. The molecule has 33 heavy (non-hydrogen) atoms. The van der Waals surface area contributed by atoms with Gasteiger partial charge in [0.1, 0.15) is 5.52 Å². The number of likely N-dealkylation sites (N-methyl/N-ethyl adjacent to an activating group) is 2. The van der Waals surface area contributed by atoms with Gasteiger partial charge >= 0.3 is 0 Å². The van der Waals surface area contributed by atoms with Crippen molar-refractivity contribution >= 4 is 22.7 Å². The maximum absolute atomic E-state index is 4.91. The second-order valence-corrected chi connectivity index (χ2v) is 8.63. The fraction of sp³-hybridized carbons (Fsp3) is 0.375. The molecule has 0 unspecified atom stereocenters. The summed E-state index contributed by atoms with van der Waals surface area (Å²) in [6, 6.07) is 8.54. The lowest BCUT2D eigenvalue weighted by Gasteiger charge is -2.34. The minimum absolute atomic E-state index is 0.667. The van der Waals surface area contributed by atoms with Crippen LogP contribution < -0.4 is 9.80 Å². The second-order valence-electron chi connectivity index (χ2n) is 8.63. The van der Waals surface area contributed by atoms with Crippen molar-refractivity contribution in [2.75, 3.05) is 56.6 Å². The highest BCUT2D eigenvalue weighted by molar-refractivity contribution is 5.85. The van der Waals surface area contributed by atoms with Crippen LogP contribution in [-0.4, -0.2) is 81.6 Å². The number of nitrogens with zero attached hydrogens (tertiary/aromatic N) is 8. The SMILES string of the molecule is Cc1cnc(CCN(C)c2nc(-c3ccc(N4CCN(C)CC4)cc3)nc3nc[nH]c23)cn1. The van der Waals surface area contributed by atoms with E-state index in [4.69, 9.17) is 9.97 Å². The molecule has 1 fully saturated rings. The lowest BCUT2D eigenvalue weighted by Crippen LogP contribution is -2.44. The molecule has 170 valence electrons. The van der Waals surface area contributed by atoms with Crippen LogP contribution in [0.2, 0.25) is 0 Å². The van der Waals surface area contributed by atoms with E-state index in [9.17, 15) is 0 Å². The number of fused-ring (bicyclic) bond motifs is 1. The first-order valence-corrected chi connectivity index (χ1v) is 11.3. The van der Waals surface area contributed by atoms with Gasteiger partial charge in [-0.25, -0.2) is 15.0 Å². The van der Waals surface area contributed by atoms with Gasteiger partial charge in [-0.3, -0.25) is 9.97 Å². The summed E-state index contributed by atoms with van der Waals surface area (Å²) in [5, 5.41) is 0. The molecule has 0 bridgehead atoms. The van der Waals surface area contributed by atoms with Gasteiger partial charge in [0.05, 0.1) is 17.7 Å². The monoisotopic (exact) mass is 443 g/mol. The zero-order valence-electron chi connectivity index (χ0n) is 19.4. The molecular formula is C24H29N9. The predicted molar refractivity (Wildman–Crippen MR) is 131 cm³/mol. The lowest BCUT2D eigenvalue weighted by atomic mass is 10.1. The Morgan fingerprint density at radius 2 is 1.76 bits per heavy atom. The van der Waals surface area contributed by atoms with Gasteiger partial charge < -0.3 is 19.7 Å². The quantitative estimate of drug-likeness (QED) is 0.486. The summed E-state index contributed by atoms with van der Waals surface area (Å²) in [6.45, 7) is 6.97. The molecule has 9 heteroatoms. The van der Waals surface area contributed by atoms with Gasteiger partial charge in [0, 0.05) is 69.8 Å². The van der Waals surface area contributed by atoms with Crippen molar-refractivity contribution in [1.29, 1.82) is 0 Å². The Balaban J connectivity index is 1.37. The van der Waals surface area contributed by atoms with E-state index >= 15 is 0 Å². The van der Waals surface area contributed by atoms with E-state index in [1.165, 1.54) is 5.69 Å². The normalized spacial score (nSPS) is 14.7. The van der Waals surface area contributed by atoms with Crippen LogP contribution in [0.4, 0.5) is 11.5 Å². The third kappa shape index (κ3) is 4.63. The van der Waals surface area contributed by atoms with Crippen LogP contribution in [0.15, 0.2) is 43.0 Å². The molecule has 0 radical (unpaired) electrons. The first-order chi connectivity index (χ1) is 16.1. The minimum Gasteiger partial charge on any atom is -0.369 e. The summed E-state index contributed by atoms with van der Waals surface area (Å²) in [7, 11) is 4.20. The number of anilines is 2. The number of aromatic amines is 1. The second kappa shape index (κ2) is 9.11. The standard InChI is InChI=1S/C24H29N9/c1-17-14-26-19(15-25-17)8-9-32(3)24-21-23(28-16-27-21)29-22(30-24)18-4-6-20(7-5-18)33-12-10-31(2)11-13-33/h4-7,14-16H,8-13H2,1-3H3,(H,27,28,29,30). The Morgan fingerprint density at radius 3 is 2.48 bits per heavy atom. The van der Waals surface area contributed by atoms with Crippen LogP contribution in [0, 0.1) is 6.92 Å². The summed E-state index contributed by atoms with van der Waals surface area (Å²) in [4.78, 5) is 32.9. The van der Waals surface area contributed by atoms with E-state index in [2.05, 4.69) is 65.9 Å². The van der Waals surface area contributed by atoms with Gasteiger partial charge in [0.2, 0.25) is 0 Å². The van der Waals surface area contributed by atoms with Gasteiger partial charge in [0.15, 0.2) is 17.3 Å².